The molecule has 1 aliphatic heterocycles. The van der Waals surface area contributed by atoms with Gasteiger partial charge in [0.15, 0.2) is 5.82 Å². The van der Waals surface area contributed by atoms with Crippen molar-refractivity contribution in [3.8, 4) is 0 Å². The smallest absolute Gasteiger partial charge is 0.246 e. The molecule has 3 rings (SSSR count). The largest absolute Gasteiger partial charge is 0.384 e. The number of anilines is 1. The summed E-state index contributed by atoms with van der Waals surface area (Å²) in [5, 5.41) is 9.81. The van der Waals surface area contributed by atoms with Gasteiger partial charge >= 0.3 is 0 Å². The fourth-order valence-electron chi connectivity index (χ4n) is 2.35. The predicted molar refractivity (Wildman–Crippen MR) is 73.0 cm³/mol. The van der Waals surface area contributed by atoms with Crippen LogP contribution < -0.4 is 10.6 Å². The average Bonchev–Trinajstić information content (AvgIpc) is 2.90. The van der Waals surface area contributed by atoms with Crippen LogP contribution in [-0.2, 0) is 17.8 Å². The van der Waals surface area contributed by atoms with Crippen molar-refractivity contribution >= 4 is 11.6 Å². The van der Waals surface area contributed by atoms with E-state index in [1.54, 1.807) is 6.92 Å². The summed E-state index contributed by atoms with van der Waals surface area (Å²) in [5.74, 6) is 0.930. The van der Waals surface area contributed by atoms with Crippen LogP contribution in [0.1, 0.15) is 17.3 Å². The van der Waals surface area contributed by atoms with Crippen molar-refractivity contribution in [3.05, 3.63) is 41.5 Å². The van der Waals surface area contributed by atoms with Crippen LogP contribution in [-0.4, -0.2) is 22.6 Å². The number of carbonyl (C=O) groups is 1. The second-order valence-electron chi connectivity index (χ2n) is 4.89. The van der Waals surface area contributed by atoms with Gasteiger partial charge in [-0.1, -0.05) is 23.4 Å². The minimum Gasteiger partial charge on any atom is -0.384 e. The lowest BCUT2D eigenvalue weighted by Gasteiger charge is -2.25. The minimum absolute atomic E-state index is 0.00264. The Hall–Kier alpha value is -2.37. The van der Waals surface area contributed by atoms with Crippen molar-refractivity contribution < 1.29 is 9.32 Å². The summed E-state index contributed by atoms with van der Waals surface area (Å²) in [7, 11) is 0. The highest BCUT2D eigenvalue weighted by Crippen LogP contribution is 2.24. The maximum absolute atomic E-state index is 12.1. The zero-order valence-electron chi connectivity index (χ0n) is 11.2. The molecule has 2 N–H and O–H groups in total. The summed E-state index contributed by atoms with van der Waals surface area (Å²) in [6.45, 7) is 2.67. The van der Waals surface area contributed by atoms with Crippen LogP contribution in [0.3, 0.4) is 0 Å². The van der Waals surface area contributed by atoms with E-state index in [1.165, 1.54) is 5.56 Å². The summed E-state index contributed by atoms with van der Waals surface area (Å²) in [5.41, 5.74) is 2.29. The van der Waals surface area contributed by atoms with Crippen LogP contribution >= 0.6 is 0 Å². The number of benzene rings is 1. The SMILES string of the molecule is Cc1noc(CNC(=O)C2CNc3ccccc3C2)n1. The van der Waals surface area contributed by atoms with E-state index < -0.39 is 0 Å². The monoisotopic (exact) mass is 272 g/mol. The van der Waals surface area contributed by atoms with Crippen LogP contribution in [0.2, 0.25) is 0 Å². The van der Waals surface area contributed by atoms with Gasteiger partial charge in [-0.15, -0.1) is 0 Å². The van der Waals surface area contributed by atoms with E-state index in [0.717, 1.165) is 12.1 Å². The quantitative estimate of drug-likeness (QED) is 0.879. The molecular weight excluding hydrogens is 256 g/mol. The van der Waals surface area contributed by atoms with Gasteiger partial charge < -0.3 is 15.2 Å². The molecule has 0 saturated carbocycles. The summed E-state index contributed by atoms with van der Waals surface area (Å²) >= 11 is 0. The van der Waals surface area contributed by atoms with Crippen LogP contribution in [0.15, 0.2) is 28.8 Å². The van der Waals surface area contributed by atoms with Gasteiger partial charge in [-0.25, -0.2) is 0 Å². The standard InChI is InChI=1S/C14H16N4O2/c1-9-17-13(20-18-9)8-16-14(19)11-6-10-4-2-3-5-12(10)15-7-11/h2-5,11,15H,6-8H2,1H3,(H,16,19). The Bertz CT molecular complexity index is 623. The van der Waals surface area contributed by atoms with Crippen LogP contribution in [0.5, 0.6) is 0 Å². The lowest BCUT2D eigenvalue weighted by molar-refractivity contribution is -0.124. The van der Waals surface area contributed by atoms with Crippen molar-refractivity contribution in [2.45, 2.75) is 19.9 Å². The molecule has 104 valence electrons. The molecule has 2 heterocycles. The molecule has 0 bridgehead atoms. The third-order valence-electron chi connectivity index (χ3n) is 3.38. The number of para-hydroxylation sites is 1. The molecule has 2 aromatic rings. The van der Waals surface area contributed by atoms with E-state index in [2.05, 4.69) is 20.8 Å². The van der Waals surface area contributed by atoms with E-state index in [4.69, 9.17) is 4.52 Å². The molecule has 1 aliphatic rings. The number of amides is 1. The first-order valence-corrected chi connectivity index (χ1v) is 6.61. The minimum atomic E-state index is -0.0751. The first kappa shape index (κ1) is 12.7. The normalized spacial score (nSPS) is 17.1. The maximum atomic E-state index is 12.1. The van der Waals surface area contributed by atoms with Gasteiger partial charge in [0, 0.05) is 12.2 Å². The Balaban J connectivity index is 1.59. The third kappa shape index (κ3) is 2.64. The zero-order valence-corrected chi connectivity index (χ0v) is 11.2. The zero-order chi connectivity index (χ0) is 13.9. The van der Waals surface area contributed by atoms with Crippen molar-refractivity contribution in [1.82, 2.24) is 15.5 Å². The molecule has 1 aromatic carbocycles. The molecule has 1 unspecified atom stereocenters. The molecular formula is C14H16N4O2. The van der Waals surface area contributed by atoms with Gasteiger partial charge in [0.05, 0.1) is 12.5 Å². The molecule has 0 aliphatic carbocycles. The van der Waals surface area contributed by atoms with Crippen molar-refractivity contribution in [2.24, 2.45) is 5.92 Å². The van der Waals surface area contributed by atoms with E-state index in [1.807, 2.05) is 24.3 Å². The van der Waals surface area contributed by atoms with Crippen LogP contribution in [0, 0.1) is 12.8 Å². The van der Waals surface area contributed by atoms with Crippen molar-refractivity contribution in [1.29, 1.82) is 0 Å². The number of aryl methyl sites for hydroxylation is 1. The molecule has 6 heteroatoms. The molecule has 1 aromatic heterocycles. The number of carbonyl (C=O) groups excluding carboxylic acids is 1. The summed E-state index contributed by atoms with van der Waals surface area (Å²) in [6.07, 6.45) is 0.748. The lowest BCUT2D eigenvalue weighted by atomic mass is 9.93. The first-order chi connectivity index (χ1) is 9.72. The second kappa shape index (κ2) is 5.32. The molecule has 0 fully saturated rings. The van der Waals surface area contributed by atoms with E-state index in [0.29, 0.717) is 18.3 Å². The number of fused-ring (bicyclic) bond motifs is 1. The lowest BCUT2D eigenvalue weighted by Crippen LogP contribution is -2.37. The number of nitrogens with one attached hydrogen (secondary N) is 2. The van der Waals surface area contributed by atoms with Crippen LogP contribution in [0.4, 0.5) is 5.69 Å². The number of aromatic nitrogens is 2. The Morgan fingerprint density at radius 2 is 2.35 bits per heavy atom. The van der Waals surface area contributed by atoms with E-state index in [9.17, 15) is 4.79 Å². The Labute approximate surface area is 116 Å². The van der Waals surface area contributed by atoms with Gasteiger partial charge in [0.25, 0.3) is 0 Å². The van der Waals surface area contributed by atoms with Gasteiger partial charge in [-0.3, -0.25) is 4.79 Å². The topological polar surface area (TPSA) is 80.0 Å². The highest BCUT2D eigenvalue weighted by Gasteiger charge is 2.24. The van der Waals surface area contributed by atoms with Gasteiger partial charge in [-0.05, 0) is 25.0 Å². The van der Waals surface area contributed by atoms with E-state index >= 15 is 0 Å². The number of rotatable bonds is 3. The molecule has 6 nitrogen and oxygen atoms in total. The predicted octanol–water partition coefficient (Wildman–Crippen LogP) is 1.28. The van der Waals surface area contributed by atoms with Gasteiger partial charge in [0.1, 0.15) is 0 Å². The number of hydrogen-bond donors (Lipinski definition) is 2. The van der Waals surface area contributed by atoms with Gasteiger partial charge in [0.2, 0.25) is 11.8 Å². The Kier molecular flexibility index (Phi) is 3.37. The highest BCUT2D eigenvalue weighted by molar-refractivity contribution is 5.80. The van der Waals surface area contributed by atoms with Gasteiger partial charge in [-0.2, -0.15) is 4.98 Å². The first-order valence-electron chi connectivity index (χ1n) is 6.61. The van der Waals surface area contributed by atoms with Crippen molar-refractivity contribution in [2.75, 3.05) is 11.9 Å². The Morgan fingerprint density at radius 1 is 1.50 bits per heavy atom. The molecule has 0 spiro atoms. The van der Waals surface area contributed by atoms with Crippen molar-refractivity contribution in [3.63, 3.8) is 0 Å². The fraction of sp³-hybridized carbons (Fsp3) is 0.357. The number of nitrogens with zero attached hydrogens (tertiary/aromatic N) is 2. The summed E-state index contributed by atoms with van der Waals surface area (Å²) < 4.78 is 4.97. The Morgan fingerprint density at radius 3 is 3.15 bits per heavy atom. The van der Waals surface area contributed by atoms with E-state index in [-0.39, 0.29) is 18.4 Å². The fourth-order valence-corrected chi connectivity index (χ4v) is 2.35. The molecule has 0 radical (unpaired) electrons. The van der Waals surface area contributed by atoms with Crippen LogP contribution in [0.25, 0.3) is 0 Å². The highest BCUT2D eigenvalue weighted by atomic mass is 16.5. The average molecular weight is 272 g/mol. The number of hydrogen-bond acceptors (Lipinski definition) is 5. The maximum Gasteiger partial charge on any atom is 0.246 e. The molecule has 1 atom stereocenters. The molecule has 1 amide bonds. The second-order valence-corrected chi connectivity index (χ2v) is 4.89. The summed E-state index contributed by atoms with van der Waals surface area (Å²) in [4.78, 5) is 16.2. The third-order valence-corrected chi connectivity index (χ3v) is 3.38. The summed E-state index contributed by atoms with van der Waals surface area (Å²) in [6, 6.07) is 8.06. The molecule has 0 saturated heterocycles. The molecule has 20 heavy (non-hydrogen) atoms.